The largest absolute Gasteiger partial charge is 0.491 e. The maximum atomic E-state index is 6.12. The van der Waals surface area contributed by atoms with Gasteiger partial charge in [-0.05, 0) is 65.1 Å². The van der Waals surface area contributed by atoms with Gasteiger partial charge in [0.1, 0.15) is 12.4 Å². The standard InChI is InChI=1S/C23H38N4O2.HI/c1-5-24-23(25-14-18(3)27(4)20-10-11-20)26-15-19-9-8-17(2)13-22(19)29-16-21-7-6-12-28-21;/h8-9,13,18,20-21H,5-7,10-12,14-16H2,1-4H3,(H2,24,25,26);1H. The van der Waals surface area contributed by atoms with Gasteiger partial charge in [0.05, 0.1) is 12.6 Å². The van der Waals surface area contributed by atoms with Crippen LogP contribution in [0.25, 0.3) is 0 Å². The molecule has 1 aromatic carbocycles. The Morgan fingerprint density at radius 2 is 2.10 bits per heavy atom. The molecular formula is C23H39IN4O2. The van der Waals surface area contributed by atoms with Crippen molar-refractivity contribution < 1.29 is 9.47 Å². The summed E-state index contributed by atoms with van der Waals surface area (Å²) in [6.07, 6.45) is 5.09. The Labute approximate surface area is 199 Å². The van der Waals surface area contributed by atoms with Crippen molar-refractivity contribution in [2.45, 2.75) is 71.2 Å². The molecule has 1 aliphatic carbocycles. The number of aryl methyl sites for hydroxylation is 1. The first-order chi connectivity index (χ1) is 14.1. The minimum Gasteiger partial charge on any atom is -0.491 e. The highest BCUT2D eigenvalue weighted by atomic mass is 127. The second kappa shape index (κ2) is 12.7. The second-order valence-corrected chi connectivity index (χ2v) is 8.38. The third-order valence-corrected chi connectivity index (χ3v) is 5.81. The van der Waals surface area contributed by atoms with Crippen LogP contribution in [0.1, 0.15) is 50.7 Å². The van der Waals surface area contributed by atoms with Gasteiger partial charge in [0, 0.05) is 37.3 Å². The van der Waals surface area contributed by atoms with Crippen molar-refractivity contribution in [1.29, 1.82) is 0 Å². The molecule has 0 aromatic heterocycles. The molecule has 2 N–H and O–H groups in total. The number of halogens is 1. The molecule has 0 radical (unpaired) electrons. The lowest BCUT2D eigenvalue weighted by Gasteiger charge is -2.25. The number of ether oxygens (including phenoxy) is 2. The molecule has 1 aromatic rings. The van der Waals surface area contributed by atoms with E-state index in [4.69, 9.17) is 14.5 Å². The zero-order valence-corrected chi connectivity index (χ0v) is 21.3. The van der Waals surface area contributed by atoms with Crippen LogP contribution in [0.3, 0.4) is 0 Å². The zero-order valence-electron chi connectivity index (χ0n) is 18.9. The maximum Gasteiger partial charge on any atom is 0.191 e. The third kappa shape index (κ3) is 7.89. The van der Waals surface area contributed by atoms with E-state index in [1.807, 2.05) is 0 Å². The van der Waals surface area contributed by atoms with E-state index < -0.39 is 0 Å². The van der Waals surface area contributed by atoms with Gasteiger partial charge in [-0.15, -0.1) is 24.0 Å². The van der Waals surface area contributed by atoms with Crippen molar-refractivity contribution in [3.8, 4) is 5.75 Å². The minimum absolute atomic E-state index is 0. The molecule has 2 atom stereocenters. The quantitative estimate of drug-likeness (QED) is 0.275. The predicted molar refractivity (Wildman–Crippen MR) is 134 cm³/mol. The lowest BCUT2D eigenvalue weighted by Crippen LogP contribution is -2.45. The second-order valence-electron chi connectivity index (χ2n) is 8.38. The number of benzene rings is 1. The Morgan fingerprint density at radius 1 is 1.30 bits per heavy atom. The topological polar surface area (TPSA) is 58.1 Å². The number of likely N-dealkylation sites (N-methyl/N-ethyl adjacent to an activating group) is 1. The van der Waals surface area contributed by atoms with Crippen LogP contribution in [0.5, 0.6) is 5.75 Å². The Morgan fingerprint density at radius 3 is 2.77 bits per heavy atom. The first-order valence-electron chi connectivity index (χ1n) is 11.1. The molecule has 170 valence electrons. The summed E-state index contributed by atoms with van der Waals surface area (Å²) >= 11 is 0. The summed E-state index contributed by atoms with van der Waals surface area (Å²) in [6, 6.07) is 7.60. The summed E-state index contributed by atoms with van der Waals surface area (Å²) in [5.41, 5.74) is 2.30. The smallest absolute Gasteiger partial charge is 0.191 e. The van der Waals surface area contributed by atoms with E-state index >= 15 is 0 Å². The number of aliphatic imine (C=N–C) groups is 1. The predicted octanol–water partition coefficient (Wildman–Crippen LogP) is 3.71. The number of hydrogen-bond donors (Lipinski definition) is 2. The van der Waals surface area contributed by atoms with E-state index in [9.17, 15) is 0 Å². The van der Waals surface area contributed by atoms with Crippen molar-refractivity contribution in [2.24, 2.45) is 4.99 Å². The Kier molecular flexibility index (Phi) is 10.7. The van der Waals surface area contributed by atoms with E-state index in [-0.39, 0.29) is 30.1 Å². The molecule has 1 saturated heterocycles. The number of rotatable bonds is 10. The van der Waals surface area contributed by atoms with E-state index in [0.717, 1.165) is 55.9 Å². The van der Waals surface area contributed by atoms with Gasteiger partial charge in [-0.1, -0.05) is 12.1 Å². The van der Waals surface area contributed by atoms with E-state index in [0.29, 0.717) is 19.2 Å². The van der Waals surface area contributed by atoms with Crippen molar-refractivity contribution in [3.05, 3.63) is 29.3 Å². The fourth-order valence-electron chi connectivity index (χ4n) is 3.62. The average Bonchev–Trinajstić information content (AvgIpc) is 3.44. The number of guanidine groups is 1. The molecule has 2 unspecified atom stereocenters. The summed E-state index contributed by atoms with van der Waals surface area (Å²) in [5.74, 6) is 1.77. The molecule has 1 heterocycles. The Bertz CT molecular complexity index is 675. The molecular weight excluding hydrogens is 491 g/mol. The van der Waals surface area contributed by atoms with E-state index in [1.54, 1.807) is 0 Å². The molecule has 30 heavy (non-hydrogen) atoms. The summed E-state index contributed by atoms with van der Waals surface area (Å²) in [4.78, 5) is 7.28. The highest BCUT2D eigenvalue weighted by Crippen LogP contribution is 2.26. The van der Waals surface area contributed by atoms with Crippen LogP contribution in [0.4, 0.5) is 0 Å². The number of nitrogens with one attached hydrogen (secondary N) is 2. The third-order valence-electron chi connectivity index (χ3n) is 5.81. The van der Waals surface area contributed by atoms with Gasteiger partial charge in [0.2, 0.25) is 0 Å². The molecule has 0 spiro atoms. The minimum atomic E-state index is 0. The molecule has 6 nitrogen and oxygen atoms in total. The Balaban J connectivity index is 0.00000320. The van der Waals surface area contributed by atoms with E-state index in [1.165, 1.54) is 18.4 Å². The molecule has 0 amide bonds. The summed E-state index contributed by atoms with van der Waals surface area (Å²) in [5, 5.41) is 6.86. The lowest BCUT2D eigenvalue weighted by atomic mass is 10.1. The molecule has 2 aliphatic rings. The SMILES string of the molecule is CCNC(=NCc1ccc(C)cc1OCC1CCCO1)NCC(C)N(C)C1CC1.I. The van der Waals surface area contributed by atoms with Crippen LogP contribution >= 0.6 is 24.0 Å². The Hall–Kier alpha value is -1.06. The van der Waals surface area contributed by atoms with Crippen molar-refractivity contribution >= 4 is 29.9 Å². The van der Waals surface area contributed by atoms with Gasteiger partial charge in [-0.25, -0.2) is 4.99 Å². The van der Waals surface area contributed by atoms with Gasteiger partial charge in [-0.2, -0.15) is 0 Å². The monoisotopic (exact) mass is 530 g/mol. The number of nitrogens with zero attached hydrogens (tertiary/aromatic N) is 2. The number of hydrogen-bond acceptors (Lipinski definition) is 4. The lowest BCUT2D eigenvalue weighted by molar-refractivity contribution is 0.0676. The molecule has 1 saturated carbocycles. The molecule has 1 aliphatic heterocycles. The van der Waals surface area contributed by atoms with Crippen LogP contribution in [-0.2, 0) is 11.3 Å². The van der Waals surface area contributed by atoms with Gasteiger partial charge in [0.25, 0.3) is 0 Å². The fourth-order valence-corrected chi connectivity index (χ4v) is 3.62. The van der Waals surface area contributed by atoms with Crippen LogP contribution in [0.15, 0.2) is 23.2 Å². The zero-order chi connectivity index (χ0) is 20.6. The first-order valence-corrected chi connectivity index (χ1v) is 11.1. The molecule has 0 bridgehead atoms. The molecule has 3 rings (SSSR count). The van der Waals surface area contributed by atoms with Gasteiger partial charge < -0.3 is 20.1 Å². The summed E-state index contributed by atoms with van der Waals surface area (Å²) < 4.78 is 11.8. The molecule has 2 fully saturated rings. The van der Waals surface area contributed by atoms with Crippen molar-refractivity contribution in [2.75, 3.05) is 33.4 Å². The van der Waals surface area contributed by atoms with Crippen LogP contribution in [-0.4, -0.2) is 62.4 Å². The maximum absolute atomic E-state index is 6.12. The van der Waals surface area contributed by atoms with Crippen LogP contribution in [0, 0.1) is 6.92 Å². The van der Waals surface area contributed by atoms with Crippen molar-refractivity contribution in [1.82, 2.24) is 15.5 Å². The highest BCUT2D eigenvalue weighted by molar-refractivity contribution is 14.0. The first kappa shape index (κ1) is 25.2. The summed E-state index contributed by atoms with van der Waals surface area (Å²) in [7, 11) is 2.22. The van der Waals surface area contributed by atoms with Gasteiger partial charge in [0.15, 0.2) is 5.96 Å². The van der Waals surface area contributed by atoms with E-state index in [2.05, 4.69) is 61.6 Å². The highest BCUT2D eigenvalue weighted by Gasteiger charge is 2.29. The van der Waals surface area contributed by atoms with Crippen LogP contribution in [0.2, 0.25) is 0 Å². The van der Waals surface area contributed by atoms with Crippen LogP contribution < -0.4 is 15.4 Å². The van der Waals surface area contributed by atoms with Gasteiger partial charge >= 0.3 is 0 Å². The normalized spacial score (nSPS) is 20.0. The molecule has 7 heteroatoms. The van der Waals surface area contributed by atoms with Crippen molar-refractivity contribution in [3.63, 3.8) is 0 Å². The summed E-state index contributed by atoms with van der Waals surface area (Å²) in [6.45, 7) is 10.2. The van der Waals surface area contributed by atoms with Gasteiger partial charge in [-0.3, -0.25) is 4.90 Å². The average molecular weight is 530 g/mol. The fraction of sp³-hybridized carbons (Fsp3) is 0.696.